The summed E-state index contributed by atoms with van der Waals surface area (Å²) in [7, 11) is 2.73. The molecule has 0 unspecified atom stereocenters. The first-order chi connectivity index (χ1) is 15.0. The number of nitriles is 1. The van der Waals surface area contributed by atoms with Crippen molar-refractivity contribution in [1.29, 1.82) is 5.26 Å². The third-order valence-electron chi connectivity index (χ3n) is 3.67. The Morgan fingerprint density at radius 1 is 1.13 bits per heavy atom. The smallest absolute Gasteiger partial charge is 0.341 e. The third kappa shape index (κ3) is 6.73. The van der Waals surface area contributed by atoms with E-state index in [1.165, 1.54) is 38.9 Å². The first kappa shape index (κ1) is 23.2. The molecule has 0 spiro atoms. The second-order valence-electron chi connectivity index (χ2n) is 5.66. The quantitative estimate of drug-likeness (QED) is 0.270. The molecule has 2 aromatic carbocycles. The summed E-state index contributed by atoms with van der Waals surface area (Å²) in [5.74, 6) is 0.165. The van der Waals surface area contributed by atoms with Crippen LogP contribution in [-0.2, 0) is 14.3 Å². The average Bonchev–Trinajstić information content (AvgIpc) is 2.78. The number of nitrogens with zero attached hydrogens (tertiary/aromatic N) is 3. The Morgan fingerprint density at radius 3 is 2.45 bits per heavy atom. The maximum absolute atomic E-state index is 11.9. The van der Waals surface area contributed by atoms with Crippen LogP contribution < -0.4 is 4.74 Å². The van der Waals surface area contributed by atoms with Crippen LogP contribution in [0, 0.1) is 11.3 Å². The van der Waals surface area contributed by atoms with Gasteiger partial charge in [0.15, 0.2) is 0 Å². The van der Waals surface area contributed by atoms with Gasteiger partial charge in [-0.2, -0.15) is 5.26 Å². The number of para-hydroxylation sites is 2. The number of carbonyl (C=O) groups is 1. The Bertz CT molecular complexity index is 1110. The van der Waals surface area contributed by atoms with E-state index < -0.39 is 5.97 Å². The van der Waals surface area contributed by atoms with Gasteiger partial charge in [0.1, 0.15) is 34.6 Å². The van der Waals surface area contributed by atoms with E-state index in [4.69, 9.17) is 36.2 Å². The monoisotopic (exact) mass is 439 g/mol. The van der Waals surface area contributed by atoms with Gasteiger partial charge in [0, 0.05) is 11.6 Å². The fourth-order valence-corrected chi connectivity index (χ4v) is 2.42. The maximum atomic E-state index is 11.9. The van der Waals surface area contributed by atoms with Crippen molar-refractivity contribution < 1.29 is 24.1 Å². The van der Waals surface area contributed by atoms with Crippen molar-refractivity contribution in [1.82, 2.24) is 9.97 Å². The average molecular weight is 440 g/mol. The number of carbonyl (C=O) groups excluding carboxylic acids is 1. The van der Waals surface area contributed by atoms with Crippen molar-refractivity contribution in [2.75, 3.05) is 14.2 Å². The van der Waals surface area contributed by atoms with Crippen LogP contribution in [0.5, 0.6) is 17.4 Å². The predicted molar refractivity (Wildman–Crippen MR) is 113 cm³/mol. The van der Waals surface area contributed by atoms with Crippen LogP contribution in [0.2, 0.25) is 5.15 Å². The summed E-state index contributed by atoms with van der Waals surface area (Å²) in [6, 6.07) is 16.7. The molecule has 1 aromatic heterocycles. The molecule has 0 aliphatic rings. The maximum Gasteiger partial charge on any atom is 0.341 e. The molecule has 0 fully saturated rings. The fourth-order valence-electron chi connectivity index (χ4n) is 2.28. The number of phenols is 1. The summed E-state index contributed by atoms with van der Waals surface area (Å²) in [5.41, 5.74) is 1.05. The highest BCUT2D eigenvalue weighted by Gasteiger charge is 2.18. The highest BCUT2D eigenvalue weighted by atomic mass is 35.5. The van der Waals surface area contributed by atoms with Gasteiger partial charge in [-0.1, -0.05) is 41.9 Å². The van der Waals surface area contributed by atoms with Crippen LogP contribution in [0.15, 0.2) is 67.2 Å². The molecule has 3 rings (SSSR count). The van der Waals surface area contributed by atoms with E-state index in [0.717, 1.165) is 0 Å². The van der Waals surface area contributed by atoms with E-state index >= 15 is 0 Å². The summed E-state index contributed by atoms with van der Waals surface area (Å²) in [6.45, 7) is 0. The number of rotatable bonds is 5. The van der Waals surface area contributed by atoms with Crippen molar-refractivity contribution in [3.05, 3.63) is 83.5 Å². The highest BCUT2D eigenvalue weighted by molar-refractivity contribution is 6.29. The molecule has 0 aliphatic heterocycles. The van der Waals surface area contributed by atoms with Crippen molar-refractivity contribution in [2.24, 2.45) is 0 Å². The van der Waals surface area contributed by atoms with Gasteiger partial charge in [-0.25, -0.2) is 14.8 Å². The van der Waals surface area contributed by atoms with Gasteiger partial charge in [-0.15, -0.1) is 0 Å². The normalized spacial score (nSPS) is 10.2. The molecular weight excluding hydrogens is 422 g/mol. The number of esters is 1. The Hall–Kier alpha value is -4.09. The van der Waals surface area contributed by atoms with Crippen molar-refractivity contribution in [3.63, 3.8) is 0 Å². The summed E-state index contributed by atoms with van der Waals surface area (Å²) in [4.78, 5) is 19.6. The standard InChI is InChI=1S/C15H13ClN2O4.C7H5NO/c1-20-8-11(15(19)21-2)10-5-3-4-6-12(10)22-14-7-13(16)17-9-18-14;8-5-6-3-1-2-4-7(6)9/h3-9H,1-2H3;1-4,9H/b11-8+;. The molecule has 8 nitrogen and oxygen atoms in total. The molecule has 0 saturated carbocycles. The molecule has 0 radical (unpaired) electrons. The number of halogens is 1. The van der Waals surface area contributed by atoms with Gasteiger partial charge >= 0.3 is 5.97 Å². The number of aromatic nitrogens is 2. The van der Waals surface area contributed by atoms with E-state index in [1.54, 1.807) is 42.5 Å². The van der Waals surface area contributed by atoms with E-state index in [-0.39, 0.29) is 22.4 Å². The summed E-state index contributed by atoms with van der Waals surface area (Å²) >= 11 is 5.80. The molecule has 9 heteroatoms. The SMILES string of the molecule is CO/C=C(/C(=O)OC)c1ccccc1Oc1cc(Cl)ncn1.N#Cc1ccccc1O. The van der Waals surface area contributed by atoms with Gasteiger partial charge < -0.3 is 19.3 Å². The van der Waals surface area contributed by atoms with E-state index in [1.807, 2.05) is 6.07 Å². The summed E-state index contributed by atoms with van der Waals surface area (Å²) < 4.78 is 15.4. The summed E-state index contributed by atoms with van der Waals surface area (Å²) in [6.07, 6.45) is 2.58. The van der Waals surface area contributed by atoms with Crippen LogP contribution >= 0.6 is 11.6 Å². The van der Waals surface area contributed by atoms with Crippen LogP contribution in [0.4, 0.5) is 0 Å². The van der Waals surface area contributed by atoms with Gasteiger partial charge in [0.05, 0.1) is 26.0 Å². The van der Waals surface area contributed by atoms with Crippen molar-refractivity contribution >= 4 is 23.1 Å². The molecule has 158 valence electrons. The zero-order valence-electron chi connectivity index (χ0n) is 16.7. The number of benzene rings is 2. The van der Waals surface area contributed by atoms with Gasteiger partial charge in [-0.05, 0) is 18.2 Å². The molecule has 1 N–H and O–H groups in total. The first-order valence-corrected chi connectivity index (χ1v) is 9.12. The molecular formula is C22H18ClN3O5. The number of methoxy groups -OCH3 is 2. The molecule has 3 aromatic rings. The van der Waals surface area contributed by atoms with E-state index in [9.17, 15) is 4.79 Å². The minimum atomic E-state index is -0.543. The lowest BCUT2D eigenvalue weighted by Crippen LogP contribution is -2.06. The second-order valence-corrected chi connectivity index (χ2v) is 6.05. The largest absolute Gasteiger partial charge is 0.507 e. The van der Waals surface area contributed by atoms with Crippen LogP contribution in [0.3, 0.4) is 0 Å². The van der Waals surface area contributed by atoms with Crippen LogP contribution in [0.1, 0.15) is 11.1 Å². The lowest BCUT2D eigenvalue weighted by atomic mass is 10.1. The molecule has 0 aliphatic carbocycles. The first-order valence-electron chi connectivity index (χ1n) is 8.74. The van der Waals surface area contributed by atoms with E-state index in [0.29, 0.717) is 16.9 Å². The zero-order chi connectivity index (χ0) is 22.6. The van der Waals surface area contributed by atoms with Gasteiger partial charge in [0.25, 0.3) is 0 Å². The number of aromatic hydroxyl groups is 1. The van der Waals surface area contributed by atoms with Crippen LogP contribution in [-0.4, -0.2) is 35.3 Å². The molecule has 0 atom stereocenters. The molecule has 1 heterocycles. The van der Waals surface area contributed by atoms with E-state index in [2.05, 4.69) is 9.97 Å². The van der Waals surface area contributed by atoms with Crippen LogP contribution in [0.25, 0.3) is 5.57 Å². The highest BCUT2D eigenvalue weighted by Crippen LogP contribution is 2.30. The number of phenolic OH excluding ortho intramolecular Hbond substituents is 1. The minimum absolute atomic E-state index is 0.0417. The van der Waals surface area contributed by atoms with Crippen molar-refractivity contribution in [2.45, 2.75) is 0 Å². The predicted octanol–water partition coefficient (Wildman–Crippen LogP) is 4.35. The Kier molecular flexibility index (Phi) is 8.83. The lowest BCUT2D eigenvalue weighted by molar-refractivity contribution is -0.133. The number of hydrogen-bond donors (Lipinski definition) is 1. The number of ether oxygens (including phenoxy) is 3. The second kappa shape index (κ2) is 11.8. The molecule has 0 saturated heterocycles. The zero-order valence-corrected chi connectivity index (χ0v) is 17.4. The third-order valence-corrected chi connectivity index (χ3v) is 3.87. The molecule has 0 amide bonds. The van der Waals surface area contributed by atoms with Crippen molar-refractivity contribution in [3.8, 4) is 23.4 Å². The Balaban J connectivity index is 0.000000316. The minimum Gasteiger partial charge on any atom is -0.507 e. The Labute approximate surface area is 183 Å². The van der Waals surface area contributed by atoms with Gasteiger partial charge in [-0.3, -0.25) is 0 Å². The lowest BCUT2D eigenvalue weighted by Gasteiger charge is -2.11. The molecule has 31 heavy (non-hydrogen) atoms. The molecule has 0 bridgehead atoms. The number of hydrogen-bond acceptors (Lipinski definition) is 8. The fraction of sp³-hybridized carbons (Fsp3) is 0.0909. The summed E-state index contributed by atoms with van der Waals surface area (Å²) in [5, 5.41) is 17.4. The Morgan fingerprint density at radius 2 is 1.84 bits per heavy atom. The topological polar surface area (TPSA) is 115 Å². The van der Waals surface area contributed by atoms with Gasteiger partial charge in [0.2, 0.25) is 5.88 Å².